The van der Waals surface area contributed by atoms with Crippen molar-refractivity contribution < 1.29 is 20.8 Å². The van der Waals surface area contributed by atoms with Crippen molar-refractivity contribution in [3.05, 3.63) is 81.9 Å². The van der Waals surface area contributed by atoms with Crippen LogP contribution in [0.1, 0.15) is 138 Å². The van der Waals surface area contributed by atoms with Gasteiger partial charge in [0.25, 0.3) is 0 Å². The molecule has 0 aromatic heterocycles. The fourth-order valence-electron chi connectivity index (χ4n) is 5.95. The Morgan fingerprint density at radius 3 is 1.13 bits per heavy atom. The van der Waals surface area contributed by atoms with Crippen molar-refractivity contribution in [2.45, 2.75) is 143 Å². The molecule has 4 rings (SSSR count). The maximum absolute atomic E-state index is 5.80. The third kappa shape index (κ3) is 20.8. The van der Waals surface area contributed by atoms with Crippen LogP contribution in [0.3, 0.4) is 0 Å². The van der Waals surface area contributed by atoms with Crippen LogP contribution in [0.2, 0.25) is 24.2 Å². The summed E-state index contributed by atoms with van der Waals surface area (Å²) in [5.74, 6) is 2.42. The minimum atomic E-state index is -2.38. The standard InChI is InChI=1S/2C16H21.C8H16Cl6Si3.2ClH.Zr/c2*1-10(2)13-8-14-6-12(5)7-16(14)15(9-13)11(3)4;9-16(10,11)7-3-1-5-15-6-2-4-8-17(12,13)14;;;/h2*6-11H,1-5H3;1-8H2;2*1H;/q2*-1;;;;+4/p-2. The molecule has 0 atom stereocenters. The second-order valence-corrected chi connectivity index (χ2v) is 38.7. The van der Waals surface area contributed by atoms with Gasteiger partial charge in [0.05, 0.1) is 0 Å². The number of fused-ring (bicyclic) bond motifs is 2. The summed E-state index contributed by atoms with van der Waals surface area (Å²) in [6.07, 6.45) is 4.41. The molecule has 52 heavy (non-hydrogen) atoms. The Kier molecular flexibility index (Phi) is 25.6. The number of halogens is 8. The van der Waals surface area contributed by atoms with E-state index in [1.54, 1.807) is 0 Å². The van der Waals surface area contributed by atoms with Gasteiger partial charge < -0.3 is 0 Å². The van der Waals surface area contributed by atoms with Gasteiger partial charge in [-0.3, -0.25) is 0 Å². The van der Waals surface area contributed by atoms with Crippen molar-refractivity contribution in [1.29, 1.82) is 0 Å². The van der Waals surface area contributed by atoms with Crippen molar-refractivity contribution in [2.24, 2.45) is 0 Å². The Morgan fingerprint density at radius 2 is 0.865 bits per heavy atom. The van der Waals surface area contributed by atoms with Crippen LogP contribution in [0.5, 0.6) is 0 Å². The monoisotopic (exact) mass is 992 g/mol. The van der Waals surface area contributed by atoms with E-state index >= 15 is 0 Å². The summed E-state index contributed by atoms with van der Waals surface area (Å²) < 4.78 is 0. The molecule has 0 nitrogen and oxygen atoms in total. The Hall–Kier alpha value is 1.51. The average molecular weight is 998 g/mol. The molecule has 2 radical (unpaired) electrons. The first-order chi connectivity index (χ1) is 24.1. The number of unbranched alkanes of at least 4 members (excludes halogenated alkanes) is 2. The van der Waals surface area contributed by atoms with Crippen molar-refractivity contribution in [1.82, 2.24) is 0 Å². The molecule has 290 valence electrons. The first-order valence-corrected chi connectivity index (χ1v) is 36.5. The first-order valence-electron chi connectivity index (χ1n) is 18.3. The molecule has 0 aliphatic rings. The van der Waals surface area contributed by atoms with Gasteiger partial charge in [-0.1, -0.05) is 141 Å². The molecule has 0 unspecified atom stereocenters. The van der Waals surface area contributed by atoms with Gasteiger partial charge in [-0.2, -0.15) is 12.1 Å². The molecule has 0 spiro atoms. The molecule has 0 aliphatic carbocycles. The van der Waals surface area contributed by atoms with Gasteiger partial charge in [-0.25, -0.2) is 0 Å². The van der Waals surface area contributed by atoms with Gasteiger partial charge in [-0.05, 0) is 35.8 Å². The quantitative estimate of drug-likeness (QED) is 0.0511. The van der Waals surface area contributed by atoms with Crippen molar-refractivity contribution in [3.8, 4) is 0 Å². The Balaban J connectivity index is 0.000000375. The van der Waals surface area contributed by atoms with Crippen LogP contribution in [0.4, 0.5) is 0 Å². The third-order valence-electron chi connectivity index (χ3n) is 8.75. The van der Waals surface area contributed by atoms with Crippen LogP contribution in [0.25, 0.3) is 21.5 Å². The zero-order valence-electron chi connectivity index (χ0n) is 32.6. The summed E-state index contributed by atoms with van der Waals surface area (Å²) >= 11 is 33.9. The number of aryl methyl sites for hydroxylation is 2. The summed E-state index contributed by atoms with van der Waals surface area (Å²) in [5.41, 5.74) is 8.66. The molecule has 0 N–H and O–H groups in total. The molecule has 4 aromatic carbocycles. The zero-order chi connectivity index (χ0) is 39.8. The van der Waals surface area contributed by atoms with Gasteiger partial charge in [0.15, 0.2) is 0 Å². The maximum atomic E-state index is 5.80. The molecule has 0 saturated heterocycles. The third-order valence-corrected chi connectivity index (χ3v) is 15.4. The molecular formula is C40H58Cl8Si3Zr. The molecule has 0 heterocycles. The van der Waals surface area contributed by atoms with E-state index in [2.05, 4.69) is 118 Å². The second-order valence-electron chi connectivity index (χ2n) is 14.9. The summed E-state index contributed by atoms with van der Waals surface area (Å²) in [6, 6.07) is 18.0. The van der Waals surface area contributed by atoms with Gasteiger partial charge in [0.2, 0.25) is 0 Å². The van der Waals surface area contributed by atoms with Crippen molar-refractivity contribution in [2.75, 3.05) is 0 Å². The van der Waals surface area contributed by atoms with Gasteiger partial charge in [-0.15, -0.1) is 123 Å². The van der Waals surface area contributed by atoms with Gasteiger partial charge >= 0.3 is 49.9 Å². The number of hydrogen-bond acceptors (Lipinski definition) is 0. The van der Waals surface area contributed by atoms with Crippen molar-refractivity contribution in [3.63, 3.8) is 0 Å². The summed E-state index contributed by atoms with van der Waals surface area (Å²) in [4.78, 5) is 0. The van der Waals surface area contributed by atoms with Crippen LogP contribution in [0, 0.1) is 13.8 Å². The predicted molar refractivity (Wildman–Crippen MR) is 247 cm³/mol. The van der Waals surface area contributed by atoms with Crippen LogP contribution < -0.4 is 0 Å². The second kappa shape index (κ2) is 25.8. The van der Waals surface area contributed by atoms with E-state index in [0.29, 0.717) is 23.7 Å². The summed E-state index contributed by atoms with van der Waals surface area (Å²) in [6.45, 7) is 22.5. The van der Waals surface area contributed by atoms with E-state index < -0.39 is 32.9 Å². The molecule has 0 aliphatic heterocycles. The number of hydrogen-bond donors (Lipinski definition) is 0. The number of benzene rings is 2. The van der Waals surface area contributed by atoms with E-state index in [9.17, 15) is 0 Å². The molecule has 0 saturated carbocycles. The van der Waals surface area contributed by atoms with Crippen molar-refractivity contribution >= 4 is 127 Å². The summed E-state index contributed by atoms with van der Waals surface area (Å²) in [5, 5.41) is 5.70. The van der Waals surface area contributed by atoms with Gasteiger partial charge in [0.1, 0.15) is 0 Å². The van der Waals surface area contributed by atoms with Crippen LogP contribution in [-0.2, 0) is 20.8 Å². The molecular weight excluding hydrogens is 940 g/mol. The van der Waals surface area contributed by atoms with Crippen LogP contribution in [-0.4, -0.2) is 21.5 Å². The van der Waals surface area contributed by atoms with Gasteiger partial charge in [0, 0.05) is 9.52 Å². The molecule has 0 amide bonds. The van der Waals surface area contributed by atoms with Crippen LogP contribution in [0.15, 0.2) is 48.5 Å². The number of rotatable bonds is 14. The predicted octanol–water partition coefficient (Wildman–Crippen LogP) is 18.0. The first kappa shape index (κ1) is 51.5. The normalized spacial score (nSPS) is 11.8. The molecule has 12 heteroatoms. The summed E-state index contributed by atoms with van der Waals surface area (Å²) in [7, 11) is 10.9. The average Bonchev–Trinajstić information content (AvgIpc) is 3.59. The fourth-order valence-corrected chi connectivity index (χ4v) is 10.9. The van der Waals surface area contributed by atoms with E-state index in [1.807, 2.05) is 0 Å². The Morgan fingerprint density at radius 1 is 0.538 bits per heavy atom. The minimum absolute atomic E-state index is 0.600. The van der Waals surface area contributed by atoms with Crippen LogP contribution >= 0.6 is 83.5 Å². The SMILES string of the molecule is Cc1cc2c(C(C)C)cc(C(C)C)cc2[cH-]1.Cc1cc2c(C(C)C)cc(C(C)C)cc2[cH-]1.Cl[Si](Cl)(Cl)CCCC[Si]CCCC[Si](Cl)(Cl)Cl.[Cl][Zr+2][Cl]. The zero-order valence-corrected chi connectivity index (χ0v) is 44.1. The topological polar surface area (TPSA) is 0 Å². The molecule has 0 bridgehead atoms. The van der Waals surface area contributed by atoms with E-state index in [1.165, 1.54) is 79.9 Å². The van der Waals surface area contributed by atoms with E-state index in [-0.39, 0.29) is 0 Å². The van der Waals surface area contributed by atoms with E-state index in [0.717, 1.165) is 34.4 Å². The molecule has 4 aromatic rings. The Bertz CT molecular complexity index is 1470. The molecule has 0 fully saturated rings. The van der Waals surface area contributed by atoms with E-state index in [4.69, 9.17) is 83.5 Å². The fraction of sp³-hybridized carbons (Fsp3) is 0.550. The Labute approximate surface area is 368 Å².